The molecule has 4 aromatic rings. The Hall–Kier alpha value is -5.20. The number of nitrogens with one attached hydrogen (secondary N) is 1. The zero-order valence-corrected chi connectivity index (χ0v) is 24.6. The first-order valence-corrected chi connectivity index (χ1v) is 14.6. The molecule has 1 aliphatic carbocycles. The molecule has 0 radical (unpaired) electrons. The number of anilines is 1. The summed E-state index contributed by atoms with van der Waals surface area (Å²) < 4.78 is 36.5. The summed E-state index contributed by atoms with van der Waals surface area (Å²) in [5.74, 6) is -1.97. The fourth-order valence-electron chi connectivity index (χ4n) is 5.39. The number of halogens is 2. The third-order valence-electron chi connectivity index (χ3n) is 8.13. The van der Waals surface area contributed by atoms with Crippen molar-refractivity contribution in [2.75, 3.05) is 11.9 Å². The number of nitrogens with zero attached hydrogens (tertiary/aromatic N) is 5. The number of carbonyl (C=O) groups is 2. The van der Waals surface area contributed by atoms with Gasteiger partial charge in [0.25, 0.3) is 11.5 Å². The molecule has 0 saturated heterocycles. The topological polar surface area (TPSA) is 128 Å². The van der Waals surface area contributed by atoms with Crippen molar-refractivity contribution in [3.8, 4) is 17.3 Å². The fourth-order valence-corrected chi connectivity index (χ4v) is 5.39. The molecule has 2 aromatic heterocycles. The van der Waals surface area contributed by atoms with Gasteiger partial charge in [-0.3, -0.25) is 19.0 Å². The van der Waals surface area contributed by atoms with Crippen molar-refractivity contribution in [1.29, 1.82) is 0 Å². The van der Waals surface area contributed by atoms with E-state index in [9.17, 15) is 23.6 Å². The van der Waals surface area contributed by atoms with Gasteiger partial charge in [0.2, 0.25) is 11.8 Å². The van der Waals surface area contributed by atoms with Crippen molar-refractivity contribution < 1.29 is 23.1 Å². The maximum absolute atomic E-state index is 15.2. The third-order valence-corrected chi connectivity index (χ3v) is 8.13. The van der Waals surface area contributed by atoms with E-state index in [1.165, 1.54) is 35.2 Å². The number of fused-ring (bicyclic) bond motifs is 1. The average Bonchev–Trinajstić information content (AvgIpc) is 2.98. The molecule has 0 atom stereocenters. The van der Waals surface area contributed by atoms with E-state index in [4.69, 9.17) is 4.74 Å². The van der Waals surface area contributed by atoms with Crippen LogP contribution in [0.1, 0.15) is 60.8 Å². The first kappa shape index (κ1) is 29.9. The number of carbonyl (C=O) groups excluding carboxylic acids is 2. The second-order valence-electron chi connectivity index (χ2n) is 11.4. The smallest absolute Gasteiger partial charge is 0.335 e. The highest BCUT2D eigenvalue weighted by atomic mass is 19.1. The highest BCUT2D eigenvalue weighted by Gasteiger charge is 2.32. The minimum absolute atomic E-state index is 0.0368. The van der Waals surface area contributed by atoms with Crippen molar-refractivity contribution in [2.24, 2.45) is 5.92 Å². The van der Waals surface area contributed by atoms with E-state index in [0.717, 1.165) is 48.2 Å². The van der Waals surface area contributed by atoms with Gasteiger partial charge in [-0.25, -0.2) is 28.1 Å². The van der Waals surface area contributed by atoms with Gasteiger partial charge in [0.15, 0.2) is 11.6 Å². The standard InChI is InChI=1S/C32H30F2N6O5/c1-18(2)39-15-24(31(43)40(32(39)44)22-9-6-20(33)7-10-22)28(41)37-21-8-11-27(25(34)14-21)45-29-23-12-13-38(16-26(23)35-17-36-29)30(42)19-4-3-5-19/h6-11,14-15,17-19H,3-5,12-13,16H2,1-2H3,(H,37,41). The number of rotatable bonds is 7. The zero-order valence-electron chi connectivity index (χ0n) is 24.6. The van der Waals surface area contributed by atoms with E-state index < -0.39 is 34.8 Å². The van der Waals surface area contributed by atoms with E-state index in [1.807, 2.05) is 0 Å². The van der Waals surface area contributed by atoms with Crippen LogP contribution in [0, 0.1) is 17.6 Å². The summed E-state index contributed by atoms with van der Waals surface area (Å²) in [4.78, 5) is 62.6. The van der Waals surface area contributed by atoms with Gasteiger partial charge in [-0.1, -0.05) is 6.42 Å². The Morgan fingerprint density at radius 3 is 2.47 bits per heavy atom. The maximum Gasteiger partial charge on any atom is 0.335 e. The SMILES string of the molecule is CC(C)n1cc(C(=O)Nc2ccc(Oc3ncnc4c3CCN(C(=O)C3CCC3)C4)c(F)c2)c(=O)n(-c2ccc(F)cc2)c1=O. The summed E-state index contributed by atoms with van der Waals surface area (Å²) in [5, 5.41) is 2.50. The number of aromatic nitrogens is 4. The summed E-state index contributed by atoms with van der Waals surface area (Å²) in [6.45, 7) is 4.24. The molecule has 0 spiro atoms. The molecule has 13 heteroatoms. The Morgan fingerprint density at radius 1 is 1.04 bits per heavy atom. The molecule has 2 aliphatic rings. The van der Waals surface area contributed by atoms with Gasteiger partial charge < -0.3 is 15.0 Å². The third kappa shape index (κ3) is 5.85. The summed E-state index contributed by atoms with van der Waals surface area (Å²) in [6, 6.07) is 8.07. The lowest BCUT2D eigenvalue weighted by molar-refractivity contribution is -0.139. The lowest BCUT2D eigenvalue weighted by atomic mass is 9.84. The predicted octanol–water partition coefficient (Wildman–Crippen LogP) is 4.38. The summed E-state index contributed by atoms with van der Waals surface area (Å²) in [7, 11) is 0. The van der Waals surface area contributed by atoms with Crippen LogP contribution in [0.2, 0.25) is 0 Å². The highest BCUT2D eigenvalue weighted by molar-refractivity contribution is 6.03. The van der Waals surface area contributed by atoms with Crippen molar-refractivity contribution >= 4 is 17.5 Å². The molecule has 1 fully saturated rings. The zero-order chi connectivity index (χ0) is 31.8. The van der Waals surface area contributed by atoms with Crippen LogP contribution in [0.4, 0.5) is 14.5 Å². The molecule has 1 saturated carbocycles. The van der Waals surface area contributed by atoms with Crippen LogP contribution < -0.4 is 21.3 Å². The van der Waals surface area contributed by atoms with Crippen molar-refractivity contribution in [3.05, 3.63) is 104 Å². The number of hydrogen-bond acceptors (Lipinski definition) is 7. The van der Waals surface area contributed by atoms with Gasteiger partial charge >= 0.3 is 5.69 Å². The van der Waals surface area contributed by atoms with Crippen molar-refractivity contribution in [2.45, 2.75) is 52.1 Å². The Balaban J connectivity index is 1.22. The number of benzene rings is 2. The summed E-state index contributed by atoms with van der Waals surface area (Å²) >= 11 is 0. The lowest BCUT2D eigenvalue weighted by Gasteiger charge is -2.34. The van der Waals surface area contributed by atoms with Crippen LogP contribution in [0.5, 0.6) is 11.6 Å². The molecule has 2 aromatic carbocycles. The molecule has 6 rings (SSSR count). The van der Waals surface area contributed by atoms with Gasteiger partial charge in [0, 0.05) is 42.0 Å². The number of hydrogen-bond donors (Lipinski definition) is 1. The lowest BCUT2D eigenvalue weighted by Crippen LogP contribution is -2.42. The largest absolute Gasteiger partial charge is 0.436 e. The molecule has 232 valence electrons. The first-order chi connectivity index (χ1) is 21.6. The minimum Gasteiger partial charge on any atom is -0.436 e. The number of amides is 2. The van der Waals surface area contributed by atoms with Crippen LogP contribution in [-0.2, 0) is 17.8 Å². The molecular weight excluding hydrogens is 586 g/mol. The molecule has 45 heavy (non-hydrogen) atoms. The van der Waals surface area contributed by atoms with Gasteiger partial charge in [-0.15, -0.1) is 0 Å². The second kappa shape index (κ2) is 12.1. The maximum atomic E-state index is 15.2. The molecule has 0 unspecified atom stereocenters. The van der Waals surface area contributed by atoms with Gasteiger partial charge in [-0.2, -0.15) is 0 Å². The predicted molar refractivity (Wildman–Crippen MR) is 160 cm³/mol. The van der Waals surface area contributed by atoms with E-state index in [2.05, 4.69) is 15.3 Å². The number of ether oxygens (including phenoxy) is 1. The Morgan fingerprint density at radius 2 is 1.80 bits per heavy atom. The van der Waals surface area contributed by atoms with Crippen LogP contribution in [-0.4, -0.2) is 42.4 Å². The minimum atomic E-state index is -0.914. The fraction of sp³-hybridized carbons (Fsp3) is 0.312. The van der Waals surface area contributed by atoms with E-state index >= 15 is 4.39 Å². The Kier molecular flexibility index (Phi) is 8.00. The molecule has 2 amide bonds. The van der Waals surface area contributed by atoms with E-state index in [-0.39, 0.29) is 40.4 Å². The van der Waals surface area contributed by atoms with Gasteiger partial charge in [0.1, 0.15) is 17.7 Å². The monoisotopic (exact) mass is 616 g/mol. The van der Waals surface area contributed by atoms with Crippen LogP contribution in [0.15, 0.2) is 64.6 Å². The van der Waals surface area contributed by atoms with Gasteiger partial charge in [0.05, 0.1) is 17.9 Å². The normalized spacial score (nSPS) is 14.6. The molecule has 11 nitrogen and oxygen atoms in total. The van der Waals surface area contributed by atoms with E-state index in [0.29, 0.717) is 30.8 Å². The summed E-state index contributed by atoms with van der Waals surface area (Å²) in [5.41, 5.74) is -0.506. The Bertz CT molecular complexity index is 1920. The van der Waals surface area contributed by atoms with Gasteiger partial charge in [-0.05, 0) is 69.5 Å². The molecule has 0 bridgehead atoms. The van der Waals surface area contributed by atoms with Crippen LogP contribution in [0.3, 0.4) is 0 Å². The molecule has 1 N–H and O–H groups in total. The van der Waals surface area contributed by atoms with Crippen molar-refractivity contribution in [1.82, 2.24) is 24.0 Å². The first-order valence-electron chi connectivity index (χ1n) is 14.6. The average molecular weight is 617 g/mol. The van der Waals surface area contributed by atoms with Crippen molar-refractivity contribution in [3.63, 3.8) is 0 Å². The highest BCUT2D eigenvalue weighted by Crippen LogP contribution is 2.33. The quantitative estimate of drug-likeness (QED) is 0.327. The molecule has 1 aliphatic heterocycles. The summed E-state index contributed by atoms with van der Waals surface area (Å²) in [6.07, 6.45) is 5.82. The van der Waals surface area contributed by atoms with Crippen LogP contribution in [0.25, 0.3) is 5.69 Å². The van der Waals surface area contributed by atoms with Crippen LogP contribution >= 0.6 is 0 Å². The Labute approximate surface area is 256 Å². The second-order valence-corrected chi connectivity index (χ2v) is 11.4. The molecule has 3 heterocycles. The van der Waals surface area contributed by atoms with E-state index in [1.54, 1.807) is 18.7 Å². The molecular formula is C32H30F2N6O5.